The van der Waals surface area contributed by atoms with Gasteiger partial charge in [0.1, 0.15) is 10.1 Å². The highest BCUT2D eigenvalue weighted by atomic mass is 35.5. The van der Waals surface area contributed by atoms with Crippen LogP contribution in [-0.2, 0) is 0 Å². The van der Waals surface area contributed by atoms with Crippen LogP contribution >= 0.6 is 23.4 Å². The molecule has 1 heterocycles. The van der Waals surface area contributed by atoms with Crippen molar-refractivity contribution in [2.24, 2.45) is 16.8 Å². The van der Waals surface area contributed by atoms with Crippen molar-refractivity contribution in [2.75, 3.05) is 7.05 Å². The molecule has 0 radical (unpaired) electrons. The number of nitrogens with zero attached hydrogens (tertiary/aromatic N) is 2. The van der Waals surface area contributed by atoms with Gasteiger partial charge in [-0.2, -0.15) is 5.10 Å². The zero-order valence-corrected chi connectivity index (χ0v) is 13.8. The van der Waals surface area contributed by atoms with E-state index in [2.05, 4.69) is 5.10 Å². The summed E-state index contributed by atoms with van der Waals surface area (Å²) >= 11 is 7.61. The van der Waals surface area contributed by atoms with E-state index in [4.69, 9.17) is 17.3 Å². The van der Waals surface area contributed by atoms with Gasteiger partial charge in [-0.1, -0.05) is 43.0 Å². The number of hydrazone groups is 1. The molecule has 3 nitrogen and oxygen atoms in total. The van der Waals surface area contributed by atoms with Crippen LogP contribution < -0.4 is 5.73 Å². The summed E-state index contributed by atoms with van der Waals surface area (Å²) in [7, 11) is 1.97. The fourth-order valence-electron chi connectivity index (χ4n) is 2.90. The molecule has 21 heavy (non-hydrogen) atoms. The van der Waals surface area contributed by atoms with Gasteiger partial charge in [-0.3, -0.25) is 5.01 Å². The first-order valence-corrected chi connectivity index (χ1v) is 8.60. The highest BCUT2D eigenvalue weighted by Gasteiger charge is 2.26. The zero-order chi connectivity index (χ0) is 14.8. The maximum Gasteiger partial charge on any atom is 0.130 e. The maximum atomic E-state index is 6.43. The van der Waals surface area contributed by atoms with Gasteiger partial charge < -0.3 is 5.73 Å². The van der Waals surface area contributed by atoms with Crippen molar-refractivity contribution in [3.8, 4) is 0 Å². The molecule has 0 spiro atoms. The Hall–Kier alpha value is -1.13. The number of rotatable bonds is 2. The number of halogens is 1. The monoisotopic (exact) mass is 321 g/mol. The van der Waals surface area contributed by atoms with Gasteiger partial charge in [-0.15, -0.1) is 0 Å². The van der Waals surface area contributed by atoms with Crippen molar-refractivity contribution >= 4 is 28.4 Å². The Labute approximate surface area is 135 Å². The van der Waals surface area contributed by atoms with Gasteiger partial charge in [0.2, 0.25) is 0 Å². The second-order valence-electron chi connectivity index (χ2n) is 5.63. The van der Waals surface area contributed by atoms with Gasteiger partial charge in [-0.25, -0.2) is 0 Å². The molecule has 2 N–H and O–H groups in total. The van der Waals surface area contributed by atoms with E-state index in [-0.39, 0.29) is 0 Å². The lowest BCUT2D eigenvalue weighted by atomic mass is 9.87. The van der Waals surface area contributed by atoms with Crippen molar-refractivity contribution in [3.63, 3.8) is 0 Å². The van der Waals surface area contributed by atoms with E-state index in [0.29, 0.717) is 5.92 Å². The summed E-state index contributed by atoms with van der Waals surface area (Å²) in [6, 6.07) is 7.79. The lowest BCUT2D eigenvalue weighted by molar-refractivity contribution is 0.386. The van der Waals surface area contributed by atoms with Crippen molar-refractivity contribution < 1.29 is 0 Å². The minimum absolute atomic E-state index is 0.517. The predicted octanol–water partition coefficient (Wildman–Crippen LogP) is 4.39. The third-order valence-corrected chi connectivity index (χ3v) is 5.57. The molecule has 0 atom stereocenters. The number of hydrogen-bond donors (Lipinski definition) is 1. The van der Waals surface area contributed by atoms with Gasteiger partial charge in [0.15, 0.2) is 0 Å². The molecule has 2 aliphatic rings. The highest BCUT2D eigenvalue weighted by Crippen LogP contribution is 2.38. The number of thioether (sulfide) groups is 1. The fourth-order valence-corrected chi connectivity index (χ4v) is 4.09. The summed E-state index contributed by atoms with van der Waals surface area (Å²) in [5.74, 6) is 0.517. The second-order valence-corrected chi connectivity index (χ2v) is 7.05. The van der Waals surface area contributed by atoms with E-state index in [1.807, 2.05) is 36.3 Å². The SMILES string of the molecule is CN1N=C(c2ccc(Cl)cc2)S/C1=C(\N)C1CCCCC1. The molecule has 0 unspecified atom stereocenters. The van der Waals surface area contributed by atoms with Crippen LogP contribution in [-0.4, -0.2) is 17.1 Å². The van der Waals surface area contributed by atoms with Crippen molar-refractivity contribution in [3.05, 3.63) is 45.6 Å². The number of benzene rings is 1. The zero-order valence-electron chi connectivity index (χ0n) is 12.2. The predicted molar refractivity (Wildman–Crippen MR) is 91.1 cm³/mol. The highest BCUT2D eigenvalue weighted by molar-refractivity contribution is 8.17. The Kier molecular flexibility index (Phi) is 4.45. The molecule has 112 valence electrons. The molecule has 1 aliphatic heterocycles. The topological polar surface area (TPSA) is 41.6 Å². The average molecular weight is 322 g/mol. The Morgan fingerprint density at radius 3 is 2.57 bits per heavy atom. The first kappa shape index (κ1) is 14.8. The second kappa shape index (κ2) is 6.32. The minimum Gasteiger partial charge on any atom is -0.400 e. The third kappa shape index (κ3) is 3.22. The molecular weight excluding hydrogens is 302 g/mol. The minimum atomic E-state index is 0.517. The van der Waals surface area contributed by atoms with E-state index < -0.39 is 0 Å². The van der Waals surface area contributed by atoms with Crippen molar-refractivity contribution in [1.82, 2.24) is 5.01 Å². The summed E-state index contributed by atoms with van der Waals surface area (Å²) in [6.07, 6.45) is 6.34. The summed E-state index contributed by atoms with van der Waals surface area (Å²) < 4.78 is 0. The lowest BCUT2D eigenvalue weighted by Crippen LogP contribution is -2.20. The van der Waals surface area contributed by atoms with Crippen LogP contribution in [0.3, 0.4) is 0 Å². The Morgan fingerprint density at radius 1 is 1.24 bits per heavy atom. The number of nitrogens with two attached hydrogens (primary N) is 1. The molecular formula is C16H20ClN3S. The van der Waals surface area contributed by atoms with Crippen LogP contribution in [0, 0.1) is 5.92 Å². The van der Waals surface area contributed by atoms with E-state index in [1.54, 1.807) is 11.8 Å². The van der Waals surface area contributed by atoms with E-state index >= 15 is 0 Å². The largest absolute Gasteiger partial charge is 0.400 e. The molecule has 5 heteroatoms. The molecule has 3 rings (SSSR count). The van der Waals surface area contributed by atoms with Crippen molar-refractivity contribution in [1.29, 1.82) is 0 Å². The summed E-state index contributed by atoms with van der Waals surface area (Å²) in [6.45, 7) is 0. The molecule has 1 aromatic rings. The molecule has 1 aromatic carbocycles. The molecule has 1 saturated carbocycles. The summed E-state index contributed by atoms with van der Waals surface area (Å²) in [5, 5.41) is 9.36. The summed E-state index contributed by atoms with van der Waals surface area (Å²) in [5.41, 5.74) is 8.53. The van der Waals surface area contributed by atoms with Crippen LogP contribution in [0.4, 0.5) is 0 Å². The van der Waals surface area contributed by atoms with Crippen LogP contribution in [0.5, 0.6) is 0 Å². The molecule has 0 amide bonds. The molecule has 0 bridgehead atoms. The van der Waals surface area contributed by atoms with E-state index in [9.17, 15) is 0 Å². The third-order valence-electron chi connectivity index (χ3n) is 4.11. The Balaban J connectivity index is 1.80. The fraction of sp³-hybridized carbons (Fsp3) is 0.438. The molecule has 1 aliphatic carbocycles. The van der Waals surface area contributed by atoms with Crippen molar-refractivity contribution in [2.45, 2.75) is 32.1 Å². The van der Waals surface area contributed by atoms with Crippen LogP contribution in [0.25, 0.3) is 0 Å². The average Bonchev–Trinajstić information content (AvgIpc) is 2.90. The number of hydrogen-bond acceptors (Lipinski definition) is 4. The lowest BCUT2D eigenvalue weighted by Gasteiger charge is -2.24. The standard InChI is InChI=1S/C16H20ClN3S/c1-20-16(14(18)11-5-3-2-4-6-11)21-15(19-20)12-7-9-13(17)10-8-12/h7-11H,2-6,18H2,1H3/b16-14-. The van der Waals surface area contributed by atoms with Gasteiger partial charge in [0.25, 0.3) is 0 Å². The van der Waals surface area contributed by atoms with Gasteiger partial charge >= 0.3 is 0 Å². The van der Waals surface area contributed by atoms with E-state index in [0.717, 1.165) is 26.4 Å². The normalized spacial score (nSPS) is 22.4. The smallest absolute Gasteiger partial charge is 0.130 e. The Bertz CT molecular complexity index is 574. The quantitative estimate of drug-likeness (QED) is 0.878. The first-order chi connectivity index (χ1) is 10.1. The molecule has 0 saturated heterocycles. The molecule has 1 fully saturated rings. The van der Waals surface area contributed by atoms with E-state index in [1.165, 1.54) is 32.1 Å². The first-order valence-electron chi connectivity index (χ1n) is 7.41. The van der Waals surface area contributed by atoms with Gasteiger partial charge in [0, 0.05) is 29.2 Å². The van der Waals surface area contributed by atoms with Crippen LogP contribution in [0.15, 0.2) is 40.1 Å². The van der Waals surface area contributed by atoms with Gasteiger partial charge in [0.05, 0.1) is 0 Å². The Morgan fingerprint density at radius 2 is 1.90 bits per heavy atom. The molecule has 0 aromatic heterocycles. The van der Waals surface area contributed by atoms with Crippen LogP contribution in [0.2, 0.25) is 5.02 Å². The summed E-state index contributed by atoms with van der Waals surface area (Å²) in [4.78, 5) is 0. The van der Waals surface area contributed by atoms with Gasteiger partial charge in [-0.05, 0) is 36.7 Å². The number of allylic oxidation sites excluding steroid dienone is 1. The maximum absolute atomic E-state index is 6.43. The van der Waals surface area contributed by atoms with Crippen LogP contribution in [0.1, 0.15) is 37.7 Å².